The van der Waals surface area contributed by atoms with Crippen LogP contribution in [0.4, 0.5) is 0 Å². The molecule has 0 spiro atoms. The fourth-order valence-corrected chi connectivity index (χ4v) is 2.96. The first-order valence-electron chi connectivity index (χ1n) is 7.53. The summed E-state index contributed by atoms with van der Waals surface area (Å²) in [6.45, 7) is 2.47. The molecule has 2 atom stereocenters. The highest BCUT2D eigenvalue weighted by Crippen LogP contribution is 2.25. The van der Waals surface area contributed by atoms with Crippen molar-refractivity contribution in [2.75, 3.05) is 19.8 Å². The Kier molecular flexibility index (Phi) is 5.10. The van der Waals surface area contributed by atoms with Crippen molar-refractivity contribution in [1.82, 2.24) is 5.32 Å². The van der Waals surface area contributed by atoms with Crippen molar-refractivity contribution in [3.63, 3.8) is 0 Å². The molecule has 1 aromatic carbocycles. The molecule has 1 N–H and O–H groups in total. The molecule has 1 aliphatic carbocycles. The van der Waals surface area contributed by atoms with Crippen LogP contribution in [-0.2, 0) is 9.47 Å². The molecule has 0 aromatic heterocycles. The topological polar surface area (TPSA) is 30.5 Å². The van der Waals surface area contributed by atoms with Gasteiger partial charge in [0, 0.05) is 23.7 Å². The van der Waals surface area contributed by atoms with Gasteiger partial charge in [-0.05, 0) is 43.4 Å². The zero-order valence-corrected chi connectivity index (χ0v) is 13.3. The third-order valence-electron chi connectivity index (χ3n) is 3.90. The Morgan fingerprint density at radius 2 is 2.25 bits per heavy atom. The Balaban J connectivity index is 1.59. The molecule has 0 radical (unpaired) electrons. The van der Waals surface area contributed by atoms with Crippen molar-refractivity contribution in [3.8, 4) is 0 Å². The van der Waals surface area contributed by atoms with Crippen LogP contribution in [0.25, 0.3) is 0 Å². The minimum atomic E-state index is 0.109. The maximum absolute atomic E-state index is 6.14. The normalized spacial score (nSPS) is 23.9. The standard InChI is InChI=1S/C16H22BrNO2/c17-13-4-1-3-12(9-13)16(10-18-14-6-7-14)20-11-15-5-2-8-19-15/h1,3-4,9,14-16,18H,2,5-8,10-11H2. The maximum atomic E-state index is 6.14. The second-order valence-electron chi connectivity index (χ2n) is 5.69. The van der Waals surface area contributed by atoms with Gasteiger partial charge in [0.15, 0.2) is 0 Å². The van der Waals surface area contributed by atoms with E-state index in [4.69, 9.17) is 9.47 Å². The quantitative estimate of drug-likeness (QED) is 0.825. The van der Waals surface area contributed by atoms with Crippen LogP contribution in [-0.4, -0.2) is 31.9 Å². The van der Waals surface area contributed by atoms with Crippen molar-refractivity contribution in [3.05, 3.63) is 34.3 Å². The summed E-state index contributed by atoms with van der Waals surface area (Å²) in [5.74, 6) is 0. The van der Waals surface area contributed by atoms with Gasteiger partial charge >= 0.3 is 0 Å². The molecule has 1 aliphatic heterocycles. The highest BCUT2D eigenvalue weighted by atomic mass is 79.9. The van der Waals surface area contributed by atoms with Gasteiger partial charge in [-0.2, -0.15) is 0 Å². The molecular formula is C16H22BrNO2. The van der Waals surface area contributed by atoms with Crippen LogP contribution in [0, 0.1) is 0 Å². The van der Waals surface area contributed by atoms with Gasteiger partial charge in [-0.25, -0.2) is 0 Å². The number of hydrogen-bond donors (Lipinski definition) is 1. The van der Waals surface area contributed by atoms with E-state index in [0.717, 1.165) is 30.5 Å². The van der Waals surface area contributed by atoms with Crippen LogP contribution in [0.5, 0.6) is 0 Å². The van der Waals surface area contributed by atoms with Crippen molar-refractivity contribution >= 4 is 15.9 Å². The minimum Gasteiger partial charge on any atom is -0.376 e. The first kappa shape index (κ1) is 14.5. The van der Waals surface area contributed by atoms with Gasteiger partial charge in [0.05, 0.1) is 18.8 Å². The van der Waals surface area contributed by atoms with Crippen molar-refractivity contribution < 1.29 is 9.47 Å². The molecule has 0 amide bonds. The molecule has 2 unspecified atom stereocenters. The Labute approximate surface area is 129 Å². The molecule has 1 aromatic rings. The summed E-state index contributed by atoms with van der Waals surface area (Å²) in [7, 11) is 0. The number of halogens is 1. The lowest BCUT2D eigenvalue weighted by Gasteiger charge is -2.21. The average molecular weight is 340 g/mol. The lowest BCUT2D eigenvalue weighted by molar-refractivity contribution is -0.0211. The lowest BCUT2D eigenvalue weighted by Crippen LogP contribution is -2.27. The molecule has 1 saturated heterocycles. The van der Waals surface area contributed by atoms with Gasteiger partial charge in [-0.3, -0.25) is 0 Å². The van der Waals surface area contributed by atoms with E-state index in [-0.39, 0.29) is 12.2 Å². The molecule has 0 bridgehead atoms. The predicted molar refractivity (Wildman–Crippen MR) is 82.8 cm³/mol. The number of hydrogen-bond acceptors (Lipinski definition) is 3. The maximum Gasteiger partial charge on any atom is 0.0951 e. The first-order valence-corrected chi connectivity index (χ1v) is 8.32. The van der Waals surface area contributed by atoms with Gasteiger partial charge in [-0.15, -0.1) is 0 Å². The van der Waals surface area contributed by atoms with Crippen LogP contribution in [0.1, 0.15) is 37.4 Å². The van der Waals surface area contributed by atoms with Crippen LogP contribution >= 0.6 is 15.9 Å². The highest BCUT2D eigenvalue weighted by molar-refractivity contribution is 9.10. The number of nitrogens with one attached hydrogen (secondary N) is 1. The molecule has 110 valence electrons. The Morgan fingerprint density at radius 3 is 2.95 bits per heavy atom. The largest absolute Gasteiger partial charge is 0.376 e. The van der Waals surface area contributed by atoms with Crippen LogP contribution in [0.15, 0.2) is 28.7 Å². The molecule has 4 heteroatoms. The first-order chi connectivity index (χ1) is 9.81. The third kappa shape index (κ3) is 4.29. The monoisotopic (exact) mass is 339 g/mol. The second-order valence-corrected chi connectivity index (χ2v) is 6.61. The van der Waals surface area contributed by atoms with Crippen molar-refractivity contribution in [1.29, 1.82) is 0 Å². The van der Waals surface area contributed by atoms with E-state index in [9.17, 15) is 0 Å². The fourth-order valence-electron chi connectivity index (χ4n) is 2.54. The van der Waals surface area contributed by atoms with Crippen molar-refractivity contribution in [2.24, 2.45) is 0 Å². The molecule has 3 nitrogen and oxygen atoms in total. The molecule has 2 fully saturated rings. The lowest BCUT2D eigenvalue weighted by atomic mass is 10.1. The number of benzene rings is 1. The smallest absolute Gasteiger partial charge is 0.0951 e. The van der Waals surface area contributed by atoms with E-state index in [0.29, 0.717) is 12.6 Å². The molecule has 1 heterocycles. The summed E-state index contributed by atoms with van der Waals surface area (Å²) >= 11 is 3.54. The Hall–Kier alpha value is -0.420. The van der Waals surface area contributed by atoms with Gasteiger partial charge in [0.1, 0.15) is 0 Å². The Bertz CT molecular complexity index is 430. The van der Waals surface area contributed by atoms with Gasteiger partial charge < -0.3 is 14.8 Å². The fraction of sp³-hybridized carbons (Fsp3) is 0.625. The SMILES string of the molecule is Brc1cccc(C(CNC2CC2)OCC2CCCO2)c1. The summed E-state index contributed by atoms with van der Waals surface area (Å²) in [5.41, 5.74) is 1.23. The molecule has 1 saturated carbocycles. The third-order valence-corrected chi connectivity index (χ3v) is 4.39. The Morgan fingerprint density at radius 1 is 1.35 bits per heavy atom. The van der Waals surface area contributed by atoms with Crippen LogP contribution in [0.3, 0.4) is 0 Å². The summed E-state index contributed by atoms with van der Waals surface area (Å²) in [6.07, 6.45) is 5.29. The van der Waals surface area contributed by atoms with Crippen LogP contribution < -0.4 is 5.32 Å². The predicted octanol–water partition coefficient (Wildman–Crippen LogP) is 3.44. The summed E-state index contributed by atoms with van der Waals surface area (Å²) in [5, 5.41) is 3.57. The zero-order chi connectivity index (χ0) is 13.8. The minimum absolute atomic E-state index is 0.109. The van der Waals surface area contributed by atoms with E-state index >= 15 is 0 Å². The van der Waals surface area contributed by atoms with E-state index < -0.39 is 0 Å². The van der Waals surface area contributed by atoms with Gasteiger partial charge in [0.2, 0.25) is 0 Å². The second kappa shape index (κ2) is 7.03. The van der Waals surface area contributed by atoms with Crippen molar-refractivity contribution in [2.45, 2.75) is 43.9 Å². The summed E-state index contributed by atoms with van der Waals surface area (Å²) < 4.78 is 12.9. The molecule has 2 aliphatic rings. The van der Waals surface area contributed by atoms with E-state index in [2.05, 4.69) is 45.5 Å². The van der Waals surface area contributed by atoms with E-state index in [1.165, 1.54) is 18.4 Å². The number of ether oxygens (including phenoxy) is 2. The molecule has 20 heavy (non-hydrogen) atoms. The average Bonchev–Trinajstić information content (AvgIpc) is 3.13. The molecule has 3 rings (SSSR count). The van der Waals surface area contributed by atoms with E-state index in [1.807, 2.05) is 0 Å². The van der Waals surface area contributed by atoms with Gasteiger partial charge in [0.25, 0.3) is 0 Å². The van der Waals surface area contributed by atoms with Gasteiger partial charge in [-0.1, -0.05) is 28.1 Å². The van der Waals surface area contributed by atoms with E-state index in [1.54, 1.807) is 0 Å². The number of rotatable bonds is 7. The zero-order valence-electron chi connectivity index (χ0n) is 11.7. The van der Waals surface area contributed by atoms with Crippen LogP contribution in [0.2, 0.25) is 0 Å². The summed E-state index contributed by atoms with van der Waals surface area (Å²) in [4.78, 5) is 0. The molecular weight excluding hydrogens is 318 g/mol. The summed E-state index contributed by atoms with van der Waals surface area (Å²) in [6, 6.07) is 9.11. The highest BCUT2D eigenvalue weighted by Gasteiger charge is 2.24.